The molecule has 0 amide bonds. The Kier molecular flexibility index (Phi) is 6.39. The molecule has 1 atom stereocenters. The zero-order valence-electron chi connectivity index (χ0n) is 17.2. The molecule has 162 valence electrons. The van der Waals surface area contributed by atoms with E-state index in [4.69, 9.17) is 16.7 Å². The number of nitrogens with two attached hydrogens (primary N) is 1. The number of benzene rings is 2. The Hall–Kier alpha value is -1.60. The maximum Gasteiger partial charge on any atom is 0.299 e. The Morgan fingerprint density at radius 1 is 1.07 bits per heavy atom. The fraction of sp³-hybridized carbons (Fsp3) is 0.478. The summed E-state index contributed by atoms with van der Waals surface area (Å²) in [6.07, 6.45) is 5.75. The summed E-state index contributed by atoms with van der Waals surface area (Å²) in [5.41, 5.74) is 2.20. The first kappa shape index (κ1) is 21.6. The Morgan fingerprint density at radius 3 is 2.37 bits per heavy atom. The van der Waals surface area contributed by atoms with Crippen molar-refractivity contribution in [2.75, 3.05) is 30.5 Å². The normalized spacial score (nSPS) is 21.7. The van der Waals surface area contributed by atoms with Crippen LogP contribution in [-0.4, -0.2) is 39.5 Å². The maximum atomic E-state index is 12.3. The van der Waals surface area contributed by atoms with Crippen molar-refractivity contribution >= 4 is 27.5 Å². The third kappa shape index (κ3) is 4.83. The standard InChI is InChI=1S/C23H30ClN3O2S/c24-21-11-9-20(10-12-21)23(13-5-14-23)18-26-15-4-6-19(16-26)17-27(30(25,28)29)22-7-2-1-3-8-22/h1-3,7-12,19H,4-6,13-18H2,(H2,25,28,29)/t19-/m1/s1. The second kappa shape index (κ2) is 8.87. The van der Waals surface area contributed by atoms with Crippen LogP contribution in [0, 0.1) is 5.92 Å². The van der Waals surface area contributed by atoms with Gasteiger partial charge in [-0.2, -0.15) is 8.42 Å². The molecule has 0 unspecified atom stereocenters. The SMILES string of the molecule is NS(=O)(=O)N(C[C@@H]1CCCN(CC2(c3ccc(Cl)cc3)CCC2)C1)c1ccccc1. The predicted octanol–water partition coefficient (Wildman–Crippen LogP) is 4.18. The van der Waals surface area contributed by atoms with E-state index in [0.717, 1.165) is 37.5 Å². The van der Waals surface area contributed by atoms with E-state index in [-0.39, 0.29) is 11.3 Å². The zero-order valence-corrected chi connectivity index (χ0v) is 18.8. The molecule has 2 aromatic rings. The lowest BCUT2D eigenvalue weighted by atomic mass is 9.64. The van der Waals surface area contributed by atoms with Gasteiger partial charge in [-0.05, 0) is 68.0 Å². The first-order valence-electron chi connectivity index (χ1n) is 10.7. The van der Waals surface area contributed by atoms with Gasteiger partial charge in [0.2, 0.25) is 0 Å². The Bertz CT molecular complexity index is 946. The second-order valence-electron chi connectivity index (χ2n) is 8.80. The van der Waals surface area contributed by atoms with E-state index < -0.39 is 10.2 Å². The Morgan fingerprint density at radius 2 is 1.77 bits per heavy atom. The monoisotopic (exact) mass is 447 g/mol. The van der Waals surface area contributed by atoms with Crippen LogP contribution in [0.25, 0.3) is 0 Å². The molecule has 2 N–H and O–H groups in total. The van der Waals surface area contributed by atoms with Gasteiger partial charge in [0.15, 0.2) is 0 Å². The van der Waals surface area contributed by atoms with Crippen molar-refractivity contribution in [3.05, 3.63) is 65.2 Å². The number of para-hydroxylation sites is 1. The molecule has 2 aromatic carbocycles. The fourth-order valence-corrected chi connectivity index (χ4v) is 5.96. The van der Waals surface area contributed by atoms with Gasteiger partial charge < -0.3 is 4.90 Å². The Labute approximate surface area is 185 Å². The summed E-state index contributed by atoms with van der Waals surface area (Å²) in [4.78, 5) is 2.52. The van der Waals surface area contributed by atoms with E-state index in [0.29, 0.717) is 12.2 Å². The molecule has 0 spiro atoms. The highest BCUT2D eigenvalue weighted by molar-refractivity contribution is 7.90. The molecule has 5 nitrogen and oxygen atoms in total. The summed E-state index contributed by atoms with van der Waals surface area (Å²) in [6, 6.07) is 17.5. The van der Waals surface area contributed by atoms with Gasteiger partial charge in [-0.1, -0.05) is 48.4 Å². The van der Waals surface area contributed by atoms with Crippen molar-refractivity contribution in [2.24, 2.45) is 11.1 Å². The maximum absolute atomic E-state index is 12.3. The molecule has 4 rings (SSSR count). The summed E-state index contributed by atoms with van der Waals surface area (Å²) in [6.45, 7) is 3.40. The lowest BCUT2D eigenvalue weighted by Gasteiger charge is -2.47. The fourth-order valence-electron chi connectivity index (χ4n) is 5.00. The largest absolute Gasteiger partial charge is 0.302 e. The minimum Gasteiger partial charge on any atom is -0.302 e. The van der Waals surface area contributed by atoms with Gasteiger partial charge in [-0.15, -0.1) is 0 Å². The van der Waals surface area contributed by atoms with Crippen LogP contribution in [0.2, 0.25) is 5.02 Å². The van der Waals surface area contributed by atoms with E-state index >= 15 is 0 Å². The van der Waals surface area contributed by atoms with E-state index in [1.54, 1.807) is 12.1 Å². The van der Waals surface area contributed by atoms with Crippen LogP contribution in [0.5, 0.6) is 0 Å². The summed E-state index contributed by atoms with van der Waals surface area (Å²) in [5, 5.41) is 6.33. The van der Waals surface area contributed by atoms with Gasteiger partial charge in [0.1, 0.15) is 0 Å². The third-order valence-electron chi connectivity index (χ3n) is 6.67. The van der Waals surface area contributed by atoms with Crippen LogP contribution in [0.3, 0.4) is 0 Å². The molecule has 1 aliphatic carbocycles. The van der Waals surface area contributed by atoms with Crippen molar-refractivity contribution < 1.29 is 8.42 Å². The molecule has 1 saturated heterocycles. The quantitative estimate of drug-likeness (QED) is 0.692. The number of nitrogens with zero attached hydrogens (tertiary/aromatic N) is 2. The molecule has 2 aliphatic rings. The van der Waals surface area contributed by atoms with Crippen molar-refractivity contribution in [2.45, 2.75) is 37.5 Å². The van der Waals surface area contributed by atoms with Crippen molar-refractivity contribution in [1.29, 1.82) is 0 Å². The summed E-state index contributed by atoms with van der Waals surface area (Å²) < 4.78 is 25.9. The summed E-state index contributed by atoms with van der Waals surface area (Å²) in [5.74, 6) is 0.264. The van der Waals surface area contributed by atoms with Gasteiger partial charge in [0.05, 0.1) is 5.69 Å². The minimum absolute atomic E-state index is 0.200. The number of hydrogen-bond acceptors (Lipinski definition) is 3. The van der Waals surface area contributed by atoms with E-state index in [9.17, 15) is 8.42 Å². The number of hydrogen-bond donors (Lipinski definition) is 1. The van der Waals surface area contributed by atoms with Gasteiger partial charge in [-0.3, -0.25) is 4.31 Å². The second-order valence-corrected chi connectivity index (χ2v) is 10.7. The van der Waals surface area contributed by atoms with Crippen molar-refractivity contribution in [3.63, 3.8) is 0 Å². The highest BCUT2D eigenvalue weighted by Crippen LogP contribution is 2.45. The van der Waals surface area contributed by atoms with Crippen molar-refractivity contribution in [3.8, 4) is 0 Å². The van der Waals surface area contributed by atoms with Crippen LogP contribution in [0.1, 0.15) is 37.7 Å². The highest BCUT2D eigenvalue weighted by atomic mass is 35.5. The average Bonchev–Trinajstić information content (AvgIpc) is 2.70. The number of anilines is 1. The van der Waals surface area contributed by atoms with Gasteiger partial charge in [0, 0.05) is 30.1 Å². The molecule has 30 heavy (non-hydrogen) atoms. The molecule has 7 heteroatoms. The molecule has 1 aliphatic heterocycles. The van der Waals surface area contributed by atoms with Gasteiger partial charge in [0.25, 0.3) is 10.2 Å². The minimum atomic E-state index is -3.81. The van der Waals surface area contributed by atoms with E-state index in [1.165, 1.54) is 29.1 Å². The molecule has 0 radical (unpaired) electrons. The molecule has 1 heterocycles. The third-order valence-corrected chi connectivity index (χ3v) is 7.90. The van der Waals surface area contributed by atoms with Gasteiger partial charge >= 0.3 is 0 Å². The van der Waals surface area contributed by atoms with E-state index in [2.05, 4.69) is 17.0 Å². The zero-order chi connectivity index (χ0) is 21.2. The van der Waals surface area contributed by atoms with Gasteiger partial charge in [-0.25, -0.2) is 5.14 Å². The number of halogens is 1. The molecular formula is C23H30ClN3O2S. The number of rotatable bonds is 7. The van der Waals surface area contributed by atoms with Crippen LogP contribution < -0.4 is 9.44 Å². The lowest BCUT2D eigenvalue weighted by Crippen LogP contribution is -2.50. The number of likely N-dealkylation sites (tertiary alicyclic amines) is 1. The van der Waals surface area contributed by atoms with Crippen LogP contribution >= 0.6 is 11.6 Å². The average molecular weight is 448 g/mol. The molecule has 0 bridgehead atoms. The van der Waals surface area contributed by atoms with Crippen molar-refractivity contribution in [1.82, 2.24) is 4.90 Å². The molecule has 0 aromatic heterocycles. The van der Waals surface area contributed by atoms with Crippen LogP contribution in [0.4, 0.5) is 5.69 Å². The lowest BCUT2D eigenvalue weighted by molar-refractivity contribution is 0.101. The van der Waals surface area contributed by atoms with E-state index in [1.807, 2.05) is 30.3 Å². The van der Waals surface area contributed by atoms with Crippen LogP contribution in [0.15, 0.2) is 54.6 Å². The van der Waals surface area contributed by atoms with Crippen LogP contribution in [-0.2, 0) is 15.6 Å². The smallest absolute Gasteiger partial charge is 0.299 e. The first-order chi connectivity index (χ1) is 14.4. The molecule has 2 fully saturated rings. The highest BCUT2D eigenvalue weighted by Gasteiger charge is 2.41. The molecule has 1 saturated carbocycles. The number of piperidine rings is 1. The Balaban J connectivity index is 1.46. The first-order valence-corrected chi connectivity index (χ1v) is 12.6. The topological polar surface area (TPSA) is 66.6 Å². The predicted molar refractivity (Wildman–Crippen MR) is 123 cm³/mol. The summed E-state index contributed by atoms with van der Waals surface area (Å²) >= 11 is 6.10. The molecular weight excluding hydrogens is 418 g/mol. The summed E-state index contributed by atoms with van der Waals surface area (Å²) in [7, 11) is -3.81.